The number of amides is 1. The fourth-order valence-corrected chi connectivity index (χ4v) is 3.06. The van der Waals surface area contributed by atoms with E-state index in [1.807, 2.05) is 37.3 Å². The van der Waals surface area contributed by atoms with Crippen LogP contribution < -0.4 is 10.1 Å². The lowest BCUT2D eigenvalue weighted by molar-refractivity contribution is -0.117. The summed E-state index contributed by atoms with van der Waals surface area (Å²) in [4.78, 5) is 12.5. The number of rotatable bonds is 2. The van der Waals surface area contributed by atoms with Gasteiger partial charge >= 0.3 is 0 Å². The Kier molecular flexibility index (Phi) is 3.91. The standard InChI is InChI=1S/C16H13BrClNO2/c1-9-6-12(17)14(7-13(9)18)19-16(20)11-8-21-15-5-3-2-4-10(11)15/h2-7,11H,8H2,1H3,(H,19,20). The summed E-state index contributed by atoms with van der Waals surface area (Å²) in [6.07, 6.45) is 0. The molecule has 1 N–H and O–H groups in total. The van der Waals surface area contributed by atoms with E-state index in [0.717, 1.165) is 21.3 Å². The smallest absolute Gasteiger partial charge is 0.235 e. The molecule has 1 aliphatic rings. The molecule has 0 radical (unpaired) electrons. The second-order valence-corrected chi connectivity index (χ2v) is 6.23. The predicted molar refractivity (Wildman–Crippen MR) is 87.2 cm³/mol. The third-order valence-corrected chi connectivity index (χ3v) is 4.59. The topological polar surface area (TPSA) is 38.3 Å². The molecule has 21 heavy (non-hydrogen) atoms. The van der Waals surface area contributed by atoms with Crippen LogP contribution in [0.15, 0.2) is 40.9 Å². The van der Waals surface area contributed by atoms with Crippen molar-refractivity contribution in [3.8, 4) is 5.75 Å². The number of ether oxygens (including phenoxy) is 1. The van der Waals surface area contributed by atoms with E-state index < -0.39 is 0 Å². The van der Waals surface area contributed by atoms with Gasteiger partial charge in [-0.3, -0.25) is 4.79 Å². The Bertz CT molecular complexity index is 717. The molecule has 0 fully saturated rings. The molecule has 3 nitrogen and oxygen atoms in total. The predicted octanol–water partition coefficient (Wildman–Crippen LogP) is 4.53. The van der Waals surface area contributed by atoms with Crippen LogP contribution in [-0.4, -0.2) is 12.5 Å². The van der Waals surface area contributed by atoms with E-state index in [-0.39, 0.29) is 11.8 Å². The van der Waals surface area contributed by atoms with Crippen molar-refractivity contribution in [2.24, 2.45) is 0 Å². The van der Waals surface area contributed by atoms with Gasteiger partial charge in [0.15, 0.2) is 0 Å². The molecule has 0 aliphatic carbocycles. The molecule has 108 valence electrons. The van der Waals surface area contributed by atoms with Crippen LogP contribution in [0.1, 0.15) is 17.0 Å². The van der Waals surface area contributed by atoms with Gasteiger partial charge in [-0.15, -0.1) is 0 Å². The Morgan fingerprint density at radius 3 is 2.95 bits per heavy atom. The Morgan fingerprint density at radius 1 is 1.38 bits per heavy atom. The van der Waals surface area contributed by atoms with E-state index in [2.05, 4.69) is 21.2 Å². The van der Waals surface area contributed by atoms with E-state index in [4.69, 9.17) is 16.3 Å². The molecule has 2 aromatic carbocycles. The summed E-state index contributed by atoms with van der Waals surface area (Å²) in [6, 6.07) is 11.2. The lowest BCUT2D eigenvalue weighted by Crippen LogP contribution is -2.22. The number of carbonyl (C=O) groups excluding carboxylic acids is 1. The lowest BCUT2D eigenvalue weighted by atomic mass is 10.0. The molecule has 0 saturated heterocycles. The number of anilines is 1. The zero-order valence-electron chi connectivity index (χ0n) is 11.3. The Labute approximate surface area is 136 Å². The minimum Gasteiger partial charge on any atom is -0.492 e. The van der Waals surface area contributed by atoms with E-state index in [1.165, 1.54) is 0 Å². The zero-order valence-corrected chi connectivity index (χ0v) is 13.7. The largest absolute Gasteiger partial charge is 0.492 e. The number of fused-ring (bicyclic) bond motifs is 1. The summed E-state index contributed by atoms with van der Waals surface area (Å²) in [6.45, 7) is 2.28. The van der Waals surface area contributed by atoms with Gasteiger partial charge in [0.05, 0.1) is 5.69 Å². The fraction of sp³-hybridized carbons (Fsp3) is 0.188. The van der Waals surface area contributed by atoms with Gasteiger partial charge in [0.2, 0.25) is 5.91 Å². The SMILES string of the molecule is Cc1cc(Br)c(NC(=O)C2COc3ccccc32)cc1Cl. The second kappa shape index (κ2) is 5.70. The van der Waals surface area contributed by atoms with Gasteiger partial charge in [0, 0.05) is 15.1 Å². The van der Waals surface area contributed by atoms with Gasteiger partial charge in [-0.2, -0.15) is 0 Å². The average molecular weight is 367 g/mol. The van der Waals surface area contributed by atoms with Gasteiger partial charge < -0.3 is 10.1 Å². The molecule has 5 heteroatoms. The second-order valence-electron chi connectivity index (χ2n) is 4.97. The highest BCUT2D eigenvalue weighted by Gasteiger charge is 2.30. The first-order valence-corrected chi connectivity index (χ1v) is 7.71. The molecule has 1 unspecified atom stereocenters. The number of aryl methyl sites for hydroxylation is 1. The molecule has 1 aliphatic heterocycles. The number of nitrogens with one attached hydrogen (secondary N) is 1. The molecule has 3 rings (SSSR count). The van der Waals surface area contributed by atoms with Crippen LogP contribution in [0.5, 0.6) is 5.75 Å². The molecule has 0 aromatic heterocycles. The Hall–Kier alpha value is -1.52. The van der Waals surface area contributed by atoms with Crippen LogP contribution in [0.2, 0.25) is 5.02 Å². The van der Waals surface area contributed by atoms with Crippen molar-refractivity contribution in [1.29, 1.82) is 0 Å². The summed E-state index contributed by atoms with van der Waals surface area (Å²) in [5, 5.41) is 3.53. The van der Waals surface area contributed by atoms with Crippen molar-refractivity contribution in [2.45, 2.75) is 12.8 Å². The molecule has 1 heterocycles. The lowest BCUT2D eigenvalue weighted by Gasteiger charge is -2.13. The van der Waals surface area contributed by atoms with Gasteiger partial charge in [-0.25, -0.2) is 0 Å². The molecule has 0 spiro atoms. The van der Waals surface area contributed by atoms with Gasteiger partial charge in [-0.1, -0.05) is 29.8 Å². The van der Waals surface area contributed by atoms with Crippen molar-refractivity contribution in [3.05, 3.63) is 57.0 Å². The highest BCUT2D eigenvalue weighted by Crippen LogP contribution is 2.35. The molecule has 2 aromatic rings. The maximum atomic E-state index is 12.5. The maximum Gasteiger partial charge on any atom is 0.235 e. The molecular weight excluding hydrogens is 354 g/mol. The first kappa shape index (κ1) is 14.4. The Balaban J connectivity index is 1.84. The third kappa shape index (κ3) is 2.78. The van der Waals surface area contributed by atoms with E-state index >= 15 is 0 Å². The summed E-state index contributed by atoms with van der Waals surface area (Å²) < 4.78 is 6.35. The van der Waals surface area contributed by atoms with Crippen molar-refractivity contribution in [3.63, 3.8) is 0 Å². The van der Waals surface area contributed by atoms with Crippen molar-refractivity contribution >= 4 is 39.1 Å². The van der Waals surface area contributed by atoms with Gasteiger partial charge in [0.1, 0.15) is 18.3 Å². The van der Waals surface area contributed by atoms with Crippen LogP contribution in [0.3, 0.4) is 0 Å². The molecule has 1 atom stereocenters. The molecular formula is C16H13BrClNO2. The number of para-hydroxylation sites is 1. The summed E-state index contributed by atoms with van der Waals surface area (Å²) in [7, 11) is 0. The number of carbonyl (C=O) groups is 1. The molecule has 0 saturated carbocycles. The Morgan fingerprint density at radius 2 is 2.14 bits per heavy atom. The number of halogens is 2. The van der Waals surface area contributed by atoms with Crippen LogP contribution in [0.4, 0.5) is 5.69 Å². The van der Waals surface area contributed by atoms with Crippen molar-refractivity contribution < 1.29 is 9.53 Å². The van der Waals surface area contributed by atoms with Gasteiger partial charge in [-0.05, 0) is 46.6 Å². The van der Waals surface area contributed by atoms with Gasteiger partial charge in [0.25, 0.3) is 0 Å². The quantitative estimate of drug-likeness (QED) is 0.848. The van der Waals surface area contributed by atoms with E-state index in [1.54, 1.807) is 6.07 Å². The highest BCUT2D eigenvalue weighted by molar-refractivity contribution is 9.10. The fourth-order valence-electron chi connectivity index (χ4n) is 2.34. The molecule has 1 amide bonds. The van der Waals surface area contributed by atoms with Crippen molar-refractivity contribution in [1.82, 2.24) is 0 Å². The maximum absolute atomic E-state index is 12.5. The summed E-state index contributed by atoms with van der Waals surface area (Å²) in [5.41, 5.74) is 2.54. The van der Waals surface area contributed by atoms with E-state index in [0.29, 0.717) is 17.3 Å². The van der Waals surface area contributed by atoms with Crippen LogP contribution in [0.25, 0.3) is 0 Å². The third-order valence-electron chi connectivity index (χ3n) is 3.52. The monoisotopic (exact) mass is 365 g/mol. The van der Waals surface area contributed by atoms with E-state index in [9.17, 15) is 4.79 Å². The number of hydrogen-bond acceptors (Lipinski definition) is 2. The summed E-state index contributed by atoms with van der Waals surface area (Å²) in [5.74, 6) is 0.382. The van der Waals surface area contributed by atoms with Crippen LogP contribution in [0, 0.1) is 6.92 Å². The van der Waals surface area contributed by atoms with Crippen LogP contribution in [-0.2, 0) is 4.79 Å². The highest BCUT2D eigenvalue weighted by atomic mass is 79.9. The molecule has 0 bridgehead atoms. The summed E-state index contributed by atoms with van der Waals surface area (Å²) >= 11 is 9.56. The normalized spacial score (nSPS) is 16.2. The minimum atomic E-state index is -0.298. The first-order chi connectivity index (χ1) is 10.1. The van der Waals surface area contributed by atoms with Crippen molar-refractivity contribution in [2.75, 3.05) is 11.9 Å². The zero-order chi connectivity index (χ0) is 15.0. The number of benzene rings is 2. The minimum absolute atomic E-state index is 0.0967. The average Bonchev–Trinajstić information content (AvgIpc) is 2.88. The number of hydrogen-bond donors (Lipinski definition) is 1. The first-order valence-electron chi connectivity index (χ1n) is 6.54. The van der Waals surface area contributed by atoms with Crippen LogP contribution >= 0.6 is 27.5 Å².